The van der Waals surface area contributed by atoms with E-state index in [9.17, 15) is 14.4 Å². The summed E-state index contributed by atoms with van der Waals surface area (Å²) in [6.07, 6.45) is 0.838. The average Bonchev–Trinajstić information content (AvgIpc) is 3.57. The van der Waals surface area contributed by atoms with E-state index in [4.69, 9.17) is 23.7 Å². The highest BCUT2D eigenvalue weighted by atomic mass is 16.6. The first kappa shape index (κ1) is 20.8. The summed E-state index contributed by atoms with van der Waals surface area (Å²) < 4.78 is 26.3. The van der Waals surface area contributed by atoms with Crippen LogP contribution in [0.25, 0.3) is 0 Å². The van der Waals surface area contributed by atoms with E-state index in [2.05, 4.69) is 6.58 Å². The number of hydrogen-bond acceptors (Lipinski definition) is 8. The zero-order valence-electron chi connectivity index (χ0n) is 16.4. The number of esters is 3. The highest BCUT2D eigenvalue weighted by Gasteiger charge is 2.43. The smallest absolute Gasteiger partial charge is 0.333 e. The Kier molecular flexibility index (Phi) is 6.72. The summed E-state index contributed by atoms with van der Waals surface area (Å²) in [5, 5.41) is 0. The fourth-order valence-corrected chi connectivity index (χ4v) is 3.49. The fourth-order valence-electron chi connectivity index (χ4n) is 3.49. The van der Waals surface area contributed by atoms with Gasteiger partial charge in [-0.3, -0.25) is 9.59 Å². The van der Waals surface area contributed by atoms with Crippen molar-refractivity contribution >= 4 is 17.9 Å². The lowest BCUT2D eigenvalue weighted by Gasteiger charge is -2.36. The molecule has 3 fully saturated rings. The van der Waals surface area contributed by atoms with E-state index in [1.165, 1.54) is 0 Å². The molecular weight excluding hydrogens is 368 g/mol. The van der Waals surface area contributed by atoms with E-state index >= 15 is 0 Å². The number of epoxide rings is 2. The van der Waals surface area contributed by atoms with Gasteiger partial charge in [0.15, 0.2) is 0 Å². The van der Waals surface area contributed by atoms with Gasteiger partial charge in [0.05, 0.1) is 25.0 Å². The highest BCUT2D eigenvalue weighted by molar-refractivity contribution is 5.87. The Hall–Kier alpha value is -1.93. The normalized spacial score (nSPS) is 32.0. The molecule has 2 heterocycles. The van der Waals surface area contributed by atoms with Crippen molar-refractivity contribution in [1.29, 1.82) is 0 Å². The minimum absolute atomic E-state index is 0.00570. The van der Waals surface area contributed by atoms with Crippen molar-refractivity contribution in [3.8, 4) is 0 Å². The standard InChI is InChI=1S/C20H28O8/c1-11(2)18(21)28-12(3)17-6-13(19(22)26-9-14-7-24-14)4-5-16(17)20(23)27-10-15-8-25-15/h12-17H,1,4-10H2,2-3H3. The fraction of sp³-hybridized carbons (Fsp3) is 0.750. The summed E-state index contributed by atoms with van der Waals surface area (Å²) in [5.41, 5.74) is 0.285. The van der Waals surface area contributed by atoms with Crippen LogP contribution in [-0.2, 0) is 38.1 Å². The van der Waals surface area contributed by atoms with E-state index < -0.39 is 18.0 Å². The van der Waals surface area contributed by atoms with E-state index in [1.54, 1.807) is 13.8 Å². The van der Waals surface area contributed by atoms with Crippen molar-refractivity contribution in [3.63, 3.8) is 0 Å². The predicted molar refractivity (Wildman–Crippen MR) is 96.1 cm³/mol. The van der Waals surface area contributed by atoms with Crippen molar-refractivity contribution in [3.05, 3.63) is 12.2 Å². The maximum Gasteiger partial charge on any atom is 0.333 e. The number of hydrogen-bond donors (Lipinski definition) is 0. The Labute approximate surface area is 164 Å². The summed E-state index contributed by atoms with van der Waals surface area (Å²) in [4.78, 5) is 36.9. The Bertz CT molecular complexity index is 622. The second-order valence-corrected chi connectivity index (χ2v) is 7.84. The van der Waals surface area contributed by atoms with E-state index in [-0.39, 0.29) is 54.8 Å². The van der Waals surface area contributed by atoms with Crippen molar-refractivity contribution in [1.82, 2.24) is 0 Å². The molecule has 2 saturated heterocycles. The van der Waals surface area contributed by atoms with Gasteiger partial charge < -0.3 is 23.7 Å². The summed E-state index contributed by atoms with van der Waals surface area (Å²) in [6, 6.07) is 0. The maximum absolute atomic E-state index is 12.6. The second-order valence-electron chi connectivity index (χ2n) is 7.84. The molecule has 6 atom stereocenters. The van der Waals surface area contributed by atoms with Crippen LogP contribution in [0.2, 0.25) is 0 Å². The van der Waals surface area contributed by atoms with Crippen LogP contribution in [0.5, 0.6) is 0 Å². The van der Waals surface area contributed by atoms with Crippen LogP contribution in [-0.4, -0.2) is 62.6 Å². The molecule has 1 aliphatic carbocycles. The molecule has 0 N–H and O–H groups in total. The lowest BCUT2D eigenvalue weighted by molar-refractivity contribution is -0.165. The molecule has 6 unspecified atom stereocenters. The minimum Gasteiger partial charge on any atom is -0.463 e. The van der Waals surface area contributed by atoms with Crippen molar-refractivity contribution in [2.45, 2.75) is 51.4 Å². The third-order valence-electron chi connectivity index (χ3n) is 5.41. The van der Waals surface area contributed by atoms with Gasteiger partial charge in [-0.05, 0) is 33.1 Å². The highest BCUT2D eigenvalue weighted by Crippen LogP contribution is 2.38. The molecule has 8 nitrogen and oxygen atoms in total. The quantitative estimate of drug-likeness (QED) is 0.249. The van der Waals surface area contributed by atoms with Crippen LogP contribution in [0.1, 0.15) is 33.1 Å². The monoisotopic (exact) mass is 396 g/mol. The zero-order chi connectivity index (χ0) is 20.3. The molecule has 3 rings (SSSR count). The molecule has 2 aliphatic heterocycles. The molecule has 0 aromatic heterocycles. The van der Waals surface area contributed by atoms with Crippen molar-refractivity contribution in [2.24, 2.45) is 17.8 Å². The minimum atomic E-state index is -0.554. The third kappa shape index (κ3) is 5.78. The number of rotatable bonds is 9. The van der Waals surface area contributed by atoms with Crippen LogP contribution in [0.15, 0.2) is 12.2 Å². The largest absolute Gasteiger partial charge is 0.463 e. The molecule has 0 aromatic carbocycles. The van der Waals surface area contributed by atoms with Crippen LogP contribution >= 0.6 is 0 Å². The molecule has 0 radical (unpaired) electrons. The Morgan fingerprint density at radius 2 is 1.61 bits per heavy atom. The van der Waals surface area contributed by atoms with Gasteiger partial charge in [0.2, 0.25) is 0 Å². The summed E-state index contributed by atoms with van der Waals surface area (Å²) >= 11 is 0. The van der Waals surface area contributed by atoms with Crippen LogP contribution in [0, 0.1) is 17.8 Å². The molecule has 0 aromatic rings. The van der Waals surface area contributed by atoms with Crippen molar-refractivity contribution in [2.75, 3.05) is 26.4 Å². The lowest BCUT2D eigenvalue weighted by Crippen LogP contribution is -2.41. The molecule has 0 bridgehead atoms. The van der Waals surface area contributed by atoms with Gasteiger partial charge in [-0.15, -0.1) is 0 Å². The predicted octanol–water partition coefficient (Wildman–Crippen LogP) is 1.41. The summed E-state index contributed by atoms with van der Waals surface area (Å²) in [5.74, 6) is -2.26. The van der Waals surface area contributed by atoms with Crippen molar-refractivity contribution < 1.29 is 38.1 Å². The number of carbonyl (C=O) groups excluding carboxylic acids is 3. The van der Waals surface area contributed by atoms with Crippen LogP contribution in [0.4, 0.5) is 0 Å². The third-order valence-corrected chi connectivity index (χ3v) is 5.41. The first-order valence-corrected chi connectivity index (χ1v) is 9.78. The lowest BCUT2D eigenvalue weighted by atomic mass is 9.71. The first-order valence-electron chi connectivity index (χ1n) is 9.78. The molecule has 1 saturated carbocycles. The van der Waals surface area contributed by atoms with Gasteiger partial charge in [0.1, 0.15) is 31.5 Å². The molecular formula is C20H28O8. The molecule has 28 heavy (non-hydrogen) atoms. The van der Waals surface area contributed by atoms with Gasteiger partial charge in [-0.25, -0.2) is 4.79 Å². The van der Waals surface area contributed by atoms with Gasteiger partial charge in [0, 0.05) is 11.5 Å². The summed E-state index contributed by atoms with van der Waals surface area (Å²) in [6.45, 7) is 8.60. The van der Waals surface area contributed by atoms with E-state index in [0.717, 1.165) is 0 Å². The first-order chi connectivity index (χ1) is 13.3. The van der Waals surface area contributed by atoms with Crippen LogP contribution < -0.4 is 0 Å². The maximum atomic E-state index is 12.6. The average molecular weight is 396 g/mol. The van der Waals surface area contributed by atoms with Gasteiger partial charge in [0.25, 0.3) is 0 Å². The molecule has 0 amide bonds. The van der Waals surface area contributed by atoms with E-state index in [0.29, 0.717) is 32.5 Å². The number of carbonyl (C=O) groups is 3. The molecule has 3 aliphatic rings. The molecule has 156 valence electrons. The van der Waals surface area contributed by atoms with Crippen LogP contribution in [0.3, 0.4) is 0 Å². The Morgan fingerprint density at radius 1 is 1.04 bits per heavy atom. The Balaban J connectivity index is 1.62. The molecule has 0 spiro atoms. The summed E-state index contributed by atoms with van der Waals surface area (Å²) in [7, 11) is 0. The van der Waals surface area contributed by atoms with Gasteiger partial charge in [-0.1, -0.05) is 6.58 Å². The zero-order valence-corrected chi connectivity index (χ0v) is 16.4. The second kappa shape index (κ2) is 9.05. The SMILES string of the molecule is C=C(C)C(=O)OC(C)C1CC(C(=O)OCC2CO2)CCC1C(=O)OCC1CO1. The number of ether oxygens (including phenoxy) is 5. The molecule has 8 heteroatoms. The Morgan fingerprint density at radius 3 is 2.14 bits per heavy atom. The van der Waals surface area contributed by atoms with Gasteiger partial charge in [-0.2, -0.15) is 0 Å². The van der Waals surface area contributed by atoms with Gasteiger partial charge >= 0.3 is 17.9 Å². The van der Waals surface area contributed by atoms with E-state index in [1.807, 2.05) is 0 Å². The topological polar surface area (TPSA) is 104 Å².